The van der Waals surface area contributed by atoms with Crippen LogP contribution >= 0.6 is 0 Å². The van der Waals surface area contributed by atoms with E-state index in [0.717, 1.165) is 142 Å². The summed E-state index contributed by atoms with van der Waals surface area (Å²) in [6.45, 7) is 39.0. The smallest absolute Gasteiger partial charge is 0.126 e. The van der Waals surface area contributed by atoms with E-state index in [1.165, 1.54) is 0 Å². The molecule has 0 unspecified atom stereocenters. The summed E-state index contributed by atoms with van der Waals surface area (Å²) in [4.78, 5) is 0. The molecule has 8 heteroatoms. The van der Waals surface area contributed by atoms with Gasteiger partial charge in [0, 0.05) is 92.4 Å². The van der Waals surface area contributed by atoms with E-state index in [2.05, 4.69) is 159 Å². The minimum atomic E-state index is -0.127. The third-order valence-electron chi connectivity index (χ3n) is 16.2. The molecule has 1 aliphatic carbocycles. The Morgan fingerprint density at radius 2 is 0.447 bits per heavy atom. The summed E-state index contributed by atoms with van der Waals surface area (Å²) in [6.07, 6.45) is 7.43. The second-order valence-corrected chi connectivity index (χ2v) is 24.6. The predicted octanol–water partition coefficient (Wildman–Crippen LogP) is 18.4. The molecule has 8 atom stereocenters. The van der Waals surface area contributed by atoms with Crippen molar-refractivity contribution in [1.29, 1.82) is 0 Å². The Bertz CT molecular complexity index is 2080. The molecule has 0 saturated heterocycles. The van der Waals surface area contributed by atoms with Gasteiger partial charge < -0.3 is 37.9 Å². The molecule has 76 heavy (non-hydrogen) atoms. The Kier molecular flexibility index (Phi) is 24.0. The molecule has 0 aliphatic heterocycles. The van der Waals surface area contributed by atoms with Crippen molar-refractivity contribution < 1.29 is 37.9 Å². The van der Waals surface area contributed by atoms with Crippen molar-refractivity contribution in [2.45, 2.75) is 186 Å². The SMILES string of the molecule is CC[C@H](C)COc1cc(OC)c2cc1[C@H](CC(C)C)c1cc(c(OC[C@@H](C)CC)cc1OC)[C@H](CC(C)C)c1cc(c(OC[C@@H](C)CC)cc1OC)[C@H](CC(C)C)c1cc(c(OC[C@@H](C)CC)cc1OC)[C@@H]2CC(C)C. The number of rotatable bonds is 28. The molecular formula is C68H104O8. The highest BCUT2D eigenvalue weighted by Crippen LogP contribution is 2.54. The van der Waals surface area contributed by atoms with Gasteiger partial charge in [-0.15, -0.1) is 0 Å². The number of hydrogen-bond donors (Lipinski definition) is 0. The molecule has 0 amide bonds. The van der Waals surface area contributed by atoms with Gasteiger partial charge in [-0.2, -0.15) is 0 Å². The highest BCUT2D eigenvalue weighted by atomic mass is 16.5. The lowest BCUT2D eigenvalue weighted by Crippen LogP contribution is -2.18. The van der Waals surface area contributed by atoms with E-state index in [9.17, 15) is 0 Å². The Balaban J connectivity index is 2.16. The van der Waals surface area contributed by atoms with Crippen LogP contribution in [0.4, 0.5) is 0 Å². The minimum Gasteiger partial charge on any atom is -0.496 e. The van der Waals surface area contributed by atoms with Crippen LogP contribution in [-0.4, -0.2) is 54.9 Å². The van der Waals surface area contributed by atoms with Crippen molar-refractivity contribution in [2.75, 3.05) is 54.9 Å². The lowest BCUT2D eigenvalue weighted by atomic mass is 9.75. The number of benzene rings is 4. The molecule has 0 spiro atoms. The van der Waals surface area contributed by atoms with Gasteiger partial charge in [0.05, 0.1) is 54.9 Å². The van der Waals surface area contributed by atoms with E-state index in [1.807, 2.05) is 28.4 Å². The number of hydrogen-bond acceptors (Lipinski definition) is 8. The van der Waals surface area contributed by atoms with Gasteiger partial charge in [0.25, 0.3) is 0 Å². The molecule has 0 aromatic heterocycles. The normalized spacial score (nSPS) is 18.1. The van der Waals surface area contributed by atoms with Crippen LogP contribution in [0.15, 0.2) is 48.5 Å². The summed E-state index contributed by atoms with van der Waals surface area (Å²) in [6, 6.07) is 18.5. The van der Waals surface area contributed by atoms with Crippen molar-refractivity contribution in [2.24, 2.45) is 47.3 Å². The van der Waals surface area contributed by atoms with Crippen LogP contribution in [0.25, 0.3) is 0 Å². The fourth-order valence-corrected chi connectivity index (χ4v) is 10.7. The lowest BCUT2D eigenvalue weighted by Gasteiger charge is -2.33. The summed E-state index contributed by atoms with van der Waals surface area (Å²) >= 11 is 0. The molecule has 0 radical (unpaired) electrons. The average Bonchev–Trinajstić information content (AvgIpc) is 3.40. The van der Waals surface area contributed by atoms with Crippen LogP contribution in [0.5, 0.6) is 46.0 Å². The number of ether oxygens (including phenoxy) is 8. The van der Waals surface area contributed by atoms with E-state index in [4.69, 9.17) is 37.9 Å². The Hall–Kier alpha value is -4.72. The van der Waals surface area contributed by atoms with Crippen molar-refractivity contribution in [3.05, 3.63) is 93.0 Å². The van der Waals surface area contributed by atoms with Crippen LogP contribution in [0.2, 0.25) is 0 Å². The number of fused-ring (bicyclic) bond motifs is 8. The molecule has 424 valence electrons. The minimum absolute atomic E-state index is 0.127. The first kappa shape index (κ1) is 62.1. The molecule has 8 nitrogen and oxygen atoms in total. The largest absolute Gasteiger partial charge is 0.496 e. The van der Waals surface area contributed by atoms with Gasteiger partial charge in [-0.3, -0.25) is 0 Å². The van der Waals surface area contributed by atoms with Crippen molar-refractivity contribution in [3.63, 3.8) is 0 Å². The highest BCUT2D eigenvalue weighted by Gasteiger charge is 2.36. The van der Waals surface area contributed by atoms with Crippen molar-refractivity contribution in [1.82, 2.24) is 0 Å². The molecule has 1 aliphatic rings. The van der Waals surface area contributed by atoms with Crippen LogP contribution < -0.4 is 37.9 Å². The monoisotopic (exact) mass is 1050 g/mol. The third kappa shape index (κ3) is 15.7. The van der Waals surface area contributed by atoms with E-state index in [0.29, 0.717) is 73.8 Å². The van der Waals surface area contributed by atoms with Gasteiger partial charge >= 0.3 is 0 Å². The van der Waals surface area contributed by atoms with Gasteiger partial charge in [0.15, 0.2) is 0 Å². The zero-order valence-electron chi connectivity index (χ0n) is 51.3. The zero-order valence-corrected chi connectivity index (χ0v) is 51.3. The maximum Gasteiger partial charge on any atom is 0.126 e. The summed E-state index contributed by atoms with van der Waals surface area (Å²) in [5.41, 5.74) is 8.96. The Morgan fingerprint density at radius 3 is 0.592 bits per heavy atom. The maximum absolute atomic E-state index is 7.09. The maximum atomic E-state index is 7.09. The molecule has 0 fully saturated rings. The highest BCUT2D eigenvalue weighted by molar-refractivity contribution is 5.63. The van der Waals surface area contributed by atoms with Crippen LogP contribution in [0.3, 0.4) is 0 Å². The van der Waals surface area contributed by atoms with Gasteiger partial charge in [-0.1, -0.05) is 136 Å². The first-order valence-electron chi connectivity index (χ1n) is 29.6. The molecule has 0 heterocycles. The second kappa shape index (κ2) is 29.3. The second-order valence-electron chi connectivity index (χ2n) is 24.6. The van der Waals surface area contributed by atoms with Crippen LogP contribution in [-0.2, 0) is 0 Å². The molecule has 4 aromatic carbocycles. The Labute approximate surface area is 463 Å². The standard InChI is InChI=1S/C68H104O8/c1-21-45(13)37-73-65-33-61(69-17)53-29-57(65)49(25-41(5)6)54-30-58(66(34-62(54)70-18)74-38-46(14)22-2)51(27-43(9)10)56-32-60(68(36-64(56)72-20)76-40-48(16)24-4)52(28-44(11)12)55-31-59(50(53)26-42(7)8)67(35-63(55)71-19)75-39-47(15)23-3/h29-36,41-52H,21-28,37-40H2,1-20H3/t45-,46-,47-,48-,49+,50+,51+,52+/m0/s1. The first-order chi connectivity index (χ1) is 36.2. The fraction of sp³-hybridized carbons (Fsp3) is 0.647. The average molecular weight is 1050 g/mol. The first-order valence-corrected chi connectivity index (χ1v) is 29.6. The quantitative estimate of drug-likeness (QED) is 0.0557. The van der Waals surface area contributed by atoms with Gasteiger partial charge in [0.2, 0.25) is 0 Å². The fourth-order valence-electron chi connectivity index (χ4n) is 10.7. The van der Waals surface area contributed by atoms with Gasteiger partial charge in [-0.05, 0) is 97.3 Å². The molecule has 5 rings (SSSR count). The molecular weight excluding hydrogens is 945 g/mol. The molecule has 0 saturated carbocycles. The zero-order chi connectivity index (χ0) is 56.0. The van der Waals surface area contributed by atoms with Crippen molar-refractivity contribution >= 4 is 0 Å². The summed E-state index contributed by atoms with van der Waals surface area (Å²) in [5, 5.41) is 0. The van der Waals surface area contributed by atoms with Gasteiger partial charge in [0.1, 0.15) is 46.0 Å². The van der Waals surface area contributed by atoms with E-state index < -0.39 is 0 Å². The van der Waals surface area contributed by atoms with E-state index >= 15 is 0 Å². The number of methoxy groups -OCH3 is 4. The van der Waals surface area contributed by atoms with E-state index in [1.54, 1.807) is 0 Å². The topological polar surface area (TPSA) is 73.8 Å². The summed E-state index contributed by atoms with van der Waals surface area (Å²) < 4.78 is 54.7. The predicted molar refractivity (Wildman–Crippen MR) is 317 cm³/mol. The molecule has 4 aromatic rings. The molecule has 8 bridgehead atoms. The van der Waals surface area contributed by atoms with Gasteiger partial charge in [-0.25, -0.2) is 0 Å². The lowest BCUT2D eigenvalue weighted by molar-refractivity contribution is 0.249. The van der Waals surface area contributed by atoms with E-state index in [-0.39, 0.29) is 23.7 Å². The third-order valence-corrected chi connectivity index (χ3v) is 16.2. The summed E-state index contributed by atoms with van der Waals surface area (Å²) in [5.74, 6) is 8.81. The van der Waals surface area contributed by atoms with Crippen LogP contribution in [0, 0.1) is 47.3 Å². The molecule has 0 N–H and O–H groups in total. The Morgan fingerprint density at radius 1 is 0.276 bits per heavy atom. The summed E-state index contributed by atoms with van der Waals surface area (Å²) in [7, 11) is 7.24. The van der Waals surface area contributed by atoms with Crippen molar-refractivity contribution in [3.8, 4) is 46.0 Å². The van der Waals surface area contributed by atoms with Crippen LogP contribution in [0.1, 0.15) is 230 Å².